The summed E-state index contributed by atoms with van der Waals surface area (Å²) < 4.78 is 0. The van der Waals surface area contributed by atoms with Crippen molar-refractivity contribution in [1.29, 1.82) is 0 Å². The maximum absolute atomic E-state index is 12.6. The van der Waals surface area contributed by atoms with Crippen molar-refractivity contribution in [3.05, 3.63) is 63.8 Å². The molecule has 0 bridgehead atoms. The van der Waals surface area contributed by atoms with Gasteiger partial charge in [-0.05, 0) is 36.4 Å². The normalized spacial score (nSPS) is 14.3. The summed E-state index contributed by atoms with van der Waals surface area (Å²) >= 11 is 12.2. The minimum atomic E-state index is -0.411. The molecule has 1 N–H and O–H groups in total. The zero-order valence-electron chi connectivity index (χ0n) is 14.5. The lowest BCUT2D eigenvalue weighted by atomic mass is 10.0. The van der Waals surface area contributed by atoms with Gasteiger partial charge in [-0.25, -0.2) is 0 Å². The number of halogens is 2. The van der Waals surface area contributed by atoms with Gasteiger partial charge in [-0.1, -0.05) is 29.3 Å². The monoisotopic (exact) mass is 389 g/mol. The molecule has 0 unspecified atom stereocenters. The van der Waals surface area contributed by atoms with Gasteiger partial charge in [0.15, 0.2) is 0 Å². The molecule has 2 aromatic carbocycles. The van der Waals surface area contributed by atoms with Gasteiger partial charge in [0.2, 0.25) is 0 Å². The summed E-state index contributed by atoms with van der Waals surface area (Å²) in [4.78, 5) is 28.2. The van der Waals surface area contributed by atoms with Gasteiger partial charge in [-0.3, -0.25) is 14.5 Å². The molecular weight excluding hydrogens is 373 g/mol. The molecule has 0 saturated carbocycles. The number of nitrogens with one attached hydrogen (secondary N) is 1. The lowest BCUT2D eigenvalue weighted by molar-refractivity contribution is -0.135. The lowest BCUT2D eigenvalue weighted by Gasteiger charge is -2.14. The zero-order valence-corrected chi connectivity index (χ0v) is 16.0. The topological polar surface area (TPSA) is 52.7 Å². The van der Waals surface area contributed by atoms with Crippen LogP contribution in [0.1, 0.15) is 5.56 Å². The standard InChI is InChI=1S/C19H17Cl2N3O2/c1-23(2)13-7-5-12(6-8-13)22-17-16(18(25)24(3)19(17)26)14-9-4-11(20)10-15(14)21/h4-10,22H,1-3H3. The Morgan fingerprint density at radius 2 is 1.62 bits per heavy atom. The van der Waals surface area contributed by atoms with Crippen LogP contribution >= 0.6 is 23.2 Å². The average molecular weight is 390 g/mol. The van der Waals surface area contributed by atoms with Gasteiger partial charge in [-0.2, -0.15) is 0 Å². The summed E-state index contributed by atoms with van der Waals surface area (Å²) in [7, 11) is 5.33. The van der Waals surface area contributed by atoms with Crippen molar-refractivity contribution in [3.8, 4) is 0 Å². The predicted octanol–water partition coefficient (Wildman–Crippen LogP) is 3.88. The molecule has 5 nitrogen and oxygen atoms in total. The SMILES string of the molecule is CN1C(=O)C(Nc2ccc(N(C)C)cc2)=C(c2ccc(Cl)cc2Cl)C1=O. The molecule has 1 aliphatic rings. The molecule has 1 aliphatic heterocycles. The van der Waals surface area contributed by atoms with E-state index in [1.807, 2.05) is 43.3 Å². The number of hydrogen-bond acceptors (Lipinski definition) is 4. The summed E-state index contributed by atoms with van der Waals surface area (Å²) in [5.74, 6) is -0.820. The van der Waals surface area contributed by atoms with Crippen LogP contribution in [-0.4, -0.2) is 37.9 Å². The van der Waals surface area contributed by atoms with E-state index >= 15 is 0 Å². The maximum atomic E-state index is 12.6. The quantitative estimate of drug-likeness (QED) is 0.806. The van der Waals surface area contributed by atoms with Gasteiger partial charge < -0.3 is 10.2 Å². The summed E-state index contributed by atoms with van der Waals surface area (Å²) in [5.41, 5.74) is 2.61. The predicted molar refractivity (Wildman–Crippen MR) is 106 cm³/mol. The van der Waals surface area contributed by atoms with E-state index in [1.54, 1.807) is 18.2 Å². The van der Waals surface area contributed by atoms with Crippen molar-refractivity contribution in [2.24, 2.45) is 0 Å². The van der Waals surface area contributed by atoms with E-state index < -0.39 is 11.8 Å². The second-order valence-corrected chi connectivity index (χ2v) is 6.95. The Morgan fingerprint density at radius 1 is 0.962 bits per heavy atom. The number of anilines is 2. The summed E-state index contributed by atoms with van der Waals surface area (Å²) in [6.07, 6.45) is 0. The van der Waals surface area contributed by atoms with Crippen LogP contribution in [0, 0.1) is 0 Å². The first-order chi connectivity index (χ1) is 12.3. The molecule has 0 fully saturated rings. The zero-order chi connectivity index (χ0) is 19.0. The highest BCUT2D eigenvalue weighted by Crippen LogP contribution is 2.34. The smallest absolute Gasteiger partial charge is 0.277 e. The van der Waals surface area contributed by atoms with Crippen LogP contribution in [0.25, 0.3) is 5.57 Å². The van der Waals surface area contributed by atoms with E-state index in [-0.39, 0.29) is 11.3 Å². The summed E-state index contributed by atoms with van der Waals surface area (Å²) in [6, 6.07) is 12.4. The summed E-state index contributed by atoms with van der Waals surface area (Å²) in [5, 5.41) is 3.83. The molecule has 3 rings (SSSR count). The molecule has 0 saturated heterocycles. The number of nitrogens with zero attached hydrogens (tertiary/aromatic N) is 2. The Labute approximate surface area is 161 Å². The van der Waals surface area contributed by atoms with Crippen molar-refractivity contribution in [3.63, 3.8) is 0 Å². The maximum Gasteiger partial charge on any atom is 0.277 e. The minimum absolute atomic E-state index is 0.194. The van der Waals surface area contributed by atoms with E-state index in [0.717, 1.165) is 10.6 Å². The lowest BCUT2D eigenvalue weighted by Crippen LogP contribution is -2.27. The summed E-state index contributed by atoms with van der Waals surface area (Å²) in [6.45, 7) is 0. The van der Waals surface area contributed by atoms with Crippen LogP contribution in [0.15, 0.2) is 48.2 Å². The number of imide groups is 1. The molecule has 0 radical (unpaired) electrons. The molecule has 0 spiro atoms. The second-order valence-electron chi connectivity index (χ2n) is 6.11. The second kappa shape index (κ2) is 7.02. The highest BCUT2D eigenvalue weighted by molar-refractivity contribution is 6.41. The van der Waals surface area contributed by atoms with Crippen molar-refractivity contribution in [2.45, 2.75) is 0 Å². The Hall–Kier alpha value is -2.50. The molecule has 1 heterocycles. The number of carbonyl (C=O) groups excluding carboxylic acids is 2. The van der Waals surface area contributed by atoms with Gasteiger partial charge in [0, 0.05) is 43.1 Å². The van der Waals surface area contributed by atoms with Gasteiger partial charge in [-0.15, -0.1) is 0 Å². The highest BCUT2D eigenvalue weighted by Gasteiger charge is 2.37. The molecule has 26 heavy (non-hydrogen) atoms. The average Bonchev–Trinajstić information content (AvgIpc) is 2.80. The number of likely N-dealkylation sites (N-methyl/N-ethyl adjacent to an activating group) is 1. The van der Waals surface area contributed by atoms with Crippen LogP contribution in [0.4, 0.5) is 11.4 Å². The first kappa shape index (κ1) is 18.3. The van der Waals surface area contributed by atoms with Crippen molar-refractivity contribution >= 4 is 52.0 Å². The number of rotatable bonds is 4. The first-order valence-corrected chi connectivity index (χ1v) is 8.61. The van der Waals surface area contributed by atoms with Crippen molar-refractivity contribution in [1.82, 2.24) is 4.90 Å². The van der Waals surface area contributed by atoms with E-state index in [4.69, 9.17) is 23.2 Å². The third kappa shape index (κ3) is 3.28. The van der Waals surface area contributed by atoms with Gasteiger partial charge >= 0.3 is 0 Å². The molecule has 7 heteroatoms. The van der Waals surface area contributed by atoms with E-state index in [2.05, 4.69) is 5.32 Å². The fourth-order valence-electron chi connectivity index (χ4n) is 2.69. The van der Waals surface area contributed by atoms with Crippen LogP contribution < -0.4 is 10.2 Å². The van der Waals surface area contributed by atoms with Crippen molar-refractivity contribution in [2.75, 3.05) is 31.4 Å². The Morgan fingerprint density at radius 3 is 2.19 bits per heavy atom. The van der Waals surface area contributed by atoms with Crippen LogP contribution in [-0.2, 0) is 9.59 Å². The molecule has 134 valence electrons. The number of benzene rings is 2. The van der Waals surface area contributed by atoms with Gasteiger partial charge in [0.25, 0.3) is 11.8 Å². The van der Waals surface area contributed by atoms with E-state index in [1.165, 1.54) is 7.05 Å². The number of carbonyl (C=O) groups is 2. The first-order valence-electron chi connectivity index (χ1n) is 7.86. The van der Waals surface area contributed by atoms with Crippen LogP contribution in [0.5, 0.6) is 0 Å². The Bertz CT molecular complexity index is 921. The van der Waals surface area contributed by atoms with E-state index in [9.17, 15) is 9.59 Å². The molecular formula is C19H17Cl2N3O2. The molecule has 2 amide bonds. The Balaban J connectivity index is 2.05. The van der Waals surface area contributed by atoms with Gasteiger partial charge in [0.05, 0.1) is 10.6 Å². The fourth-order valence-corrected chi connectivity index (χ4v) is 3.19. The van der Waals surface area contributed by atoms with E-state index in [0.29, 0.717) is 21.3 Å². The molecule has 2 aromatic rings. The fraction of sp³-hybridized carbons (Fsp3) is 0.158. The highest BCUT2D eigenvalue weighted by atomic mass is 35.5. The number of amides is 2. The van der Waals surface area contributed by atoms with Crippen LogP contribution in [0.3, 0.4) is 0 Å². The largest absolute Gasteiger partial charge is 0.378 e. The molecule has 0 aromatic heterocycles. The van der Waals surface area contributed by atoms with Crippen LogP contribution in [0.2, 0.25) is 10.0 Å². The third-order valence-corrected chi connectivity index (χ3v) is 4.69. The van der Waals surface area contributed by atoms with Gasteiger partial charge in [0.1, 0.15) is 5.70 Å². The third-order valence-electron chi connectivity index (χ3n) is 4.14. The molecule has 0 aliphatic carbocycles. The van der Waals surface area contributed by atoms with Crippen molar-refractivity contribution < 1.29 is 9.59 Å². The Kier molecular flexibility index (Phi) is 4.94. The number of hydrogen-bond donors (Lipinski definition) is 1. The minimum Gasteiger partial charge on any atom is -0.378 e. The molecule has 0 atom stereocenters.